The van der Waals surface area contributed by atoms with Crippen molar-refractivity contribution in [2.75, 3.05) is 0 Å². The molecule has 0 spiro atoms. The van der Waals surface area contributed by atoms with Crippen molar-refractivity contribution in [2.24, 2.45) is 0 Å². The van der Waals surface area contributed by atoms with Gasteiger partial charge in [0.2, 0.25) is 0 Å². The van der Waals surface area contributed by atoms with E-state index in [0.717, 1.165) is 12.1 Å². The van der Waals surface area contributed by atoms with E-state index in [1.807, 2.05) is 29.2 Å². The fraction of sp³-hybridized carbons (Fsp3) is 0.250. The van der Waals surface area contributed by atoms with Gasteiger partial charge in [-0.05, 0) is 66.1 Å². The summed E-state index contributed by atoms with van der Waals surface area (Å²) in [7, 11) is 0. The first-order valence-corrected chi connectivity index (χ1v) is 8.29. The van der Waals surface area contributed by atoms with Crippen molar-refractivity contribution >= 4 is 5.78 Å². The molecule has 0 saturated heterocycles. The molecule has 1 aliphatic rings. The summed E-state index contributed by atoms with van der Waals surface area (Å²) >= 11 is 0. The van der Waals surface area contributed by atoms with Crippen LogP contribution in [-0.4, -0.2) is 20.5 Å². The SMILES string of the molecule is CC(=O)c1cc(Cc2ccc(-n3cccn3)cc2)c(C2CC2)cn1. The van der Waals surface area contributed by atoms with Crippen LogP contribution in [0.2, 0.25) is 0 Å². The van der Waals surface area contributed by atoms with Gasteiger partial charge in [-0.1, -0.05) is 12.1 Å². The van der Waals surface area contributed by atoms with Crippen LogP contribution in [0, 0.1) is 0 Å². The molecule has 1 aromatic carbocycles. The number of carbonyl (C=O) groups is 1. The van der Waals surface area contributed by atoms with Gasteiger partial charge in [0.15, 0.2) is 5.78 Å². The van der Waals surface area contributed by atoms with Crippen molar-refractivity contribution in [2.45, 2.75) is 32.1 Å². The van der Waals surface area contributed by atoms with Gasteiger partial charge >= 0.3 is 0 Å². The topological polar surface area (TPSA) is 47.8 Å². The van der Waals surface area contributed by atoms with E-state index in [0.29, 0.717) is 11.6 Å². The fourth-order valence-corrected chi connectivity index (χ4v) is 3.02. The Morgan fingerprint density at radius 3 is 2.67 bits per heavy atom. The van der Waals surface area contributed by atoms with Crippen molar-refractivity contribution in [1.29, 1.82) is 0 Å². The minimum atomic E-state index is 0.0210. The van der Waals surface area contributed by atoms with Gasteiger partial charge in [0.05, 0.1) is 5.69 Å². The molecule has 2 heterocycles. The first-order chi connectivity index (χ1) is 11.7. The molecule has 1 fully saturated rings. The van der Waals surface area contributed by atoms with Crippen LogP contribution in [0.15, 0.2) is 55.0 Å². The van der Waals surface area contributed by atoms with Crippen LogP contribution in [0.5, 0.6) is 0 Å². The molecule has 0 unspecified atom stereocenters. The number of rotatable bonds is 5. The van der Waals surface area contributed by atoms with Crippen LogP contribution in [0.4, 0.5) is 0 Å². The Labute approximate surface area is 141 Å². The maximum absolute atomic E-state index is 11.7. The number of Topliss-reactive ketones (excluding diaryl/α,β-unsaturated/α-hetero) is 1. The minimum Gasteiger partial charge on any atom is -0.293 e. The third-order valence-electron chi connectivity index (χ3n) is 4.50. The highest BCUT2D eigenvalue weighted by atomic mass is 16.1. The van der Waals surface area contributed by atoms with Crippen molar-refractivity contribution in [3.63, 3.8) is 0 Å². The molecule has 4 rings (SSSR count). The van der Waals surface area contributed by atoms with Gasteiger partial charge in [-0.15, -0.1) is 0 Å². The molecule has 120 valence electrons. The maximum atomic E-state index is 11.7. The molecule has 1 saturated carbocycles. The van der Waals surface area contributed by atoms with Gasteiger partial charge < -0.3 is 0 Å². The lowest BCUT2D eigenvalue weighted by Crippen LogP contribution is -2.03. The summed E-state index contributed by atoms with van der Waals surface area (Å²) in [5.41, 5.74) is 5.36. The lowest BCUT2D eigenvalue weighted by Gasteiger charge is -2.11. The van der Waals surface area contributed by atoms with E-state index in [2.05, 4.69) is 34.3 Å². The first kappa shape index (κ1) is 14.8. The van der Waals surface area contributed by atoms with Gasteiger partial charge in [-0.2, -0.15) is 5.10 Å². The summed E-state index contributed by atoms with van der Waals surface area (Å²) in [6.07, 6.45) is 8.90. The summed E-state index contributed by atoms with van der Waals surface area (Å²) in [5, 5.41) is 4.25. The standard InChI is InChI=1S/C20H19N3O/c1-14(24)20-12-17(19(13-21-20)16-5-6-16)11-15-3-7-18(8-4-15)23-10-2-9-22-23/h2-4,7-10,12-13,16H,5-6,11H2,1H3. The Balaban J connectivity index is 1.62. The van der Waals surface area contributed by atoms with Gasteiger partial charge in [-0.25, -0.2) is 4.68 Å². The van der Waals surface area contributed by atoms with Crippen LogP contribution < -0.4 is 0 Å². The molecule has 0 aliphatic heterocycles. The molecule has 0 atom stereocenters. The lowest BCUT2D eigenvalue weighted by molar-refractivity contribution is 0.101. The summed E-state index contributed by atoms with van der Waals surface area (Å²) in [4.78, 5) is 16.0. The Hall–Kier alpha value is -2.75. The number of hydrogen-bond donors (Lipinski definition) is 0. The van der Waals surface area contributed by atoms with Crippen LogP contribution in [0.3, 0.4) is 0 Å². The van der Waals surface area contributed by atoms with E-state index >= 15 is 0 Å². The molecule has 0 bridgehead atoms. The number of nitrogens with zero attached hydrogens (tertiary/aromatic N) is 3. The monoisotopic (exact) mass is 317 g/mol. The molecule has 4 nitrogen and oxygen atoms in total. The van der Waals surface area contributed by atoms with Gasteiger partial charge in [-0.3, -0.25) is 9.78 Å². The van der Waals surface area contributed by atoms with Crippen LogP contribution in [0.1, 0.15) is 52.9 Å². The highest BCUT2D eigenvalue weighted by Crippen LogP contribution is 2.42. The quantitative estimate of drug-likeness (QED) is 0.670. The molecule has 1 aliphatic carbocycles. The molecule has 0 radical (unpaired) electrons. The van der Waals surface area contributed by atoms with E-state index in [1.165, 1.54) is 29.5 Å². The zero-order valence-electron chi connectivity index (χ0n) is 13.6. The lowest BCUT2D eigenvalue weighted by atomic mass is 9.97. The first-order valence-electron chi connectivity index (χ1n) is 8.29. The van der Waals surface area contributed by atoms with E-state index < -0.39 is 0 Å². The predicted octanol–water partition coefficient (Wildman–Crippen LogP) is 3.94. The Morgan fingerprint density at radius 1 is 1.25 bits per heavy atom. The molecule has 0 N–H and O–H groups in total. The van der Waals surface area contributed by atoms with Gasteiger partial charge in [0, 0.05) is 25.5 Å². The molecule has 24 heavy (non-hydrogen) atoms. The molecule has 4 heteroatoms. The van der Waals surface area contributed by atoms with Crippen molar-refractivity contribution in [3.05, 3.63) is 77.4 Å². The zero-order valence-corrected chi connectivity index (χ0v) is 13.6. The maximum Gasteiger partial charge on any atom is 0.178 e. The Bertz CT molecular complexity index is 862. The zero-order chi connectivity index (χ0) is 16.5. The second kappa shape index (κ2) is 6.04. The molecular weight excluding hydrogens is 298 g/mol. The number of ketones is 1. The van der Waals surface area contributed by atoms with E-state index in [1.54, 1.807) is 13.1 Å². The van der Waals surface area contributed by atoms with Crippen molar-refractivity contribution < 1.29 is 4.79 Å². The Kier molecular flexibility index (Phi) is 3.73. The summed E-state index contributed by atoms with van der Waals surface area (Å²) in [5.74, 6) is 0.643. The number of carbonyl (C=O) groups excluding carboxylic acids is 1. The minimum absolute atomic E-state index is 0.0210. The van der Waals surface area contributed by atoms with Crippen LogP contribution in [0.25, 0.3) is 5.69 Å². The average Bonchev–Trinajstić information content (AvgIpc) is 3.29. The second-order valence-electron chi connectivity index (χ2n) is 6.39. The number of benzene rings is 1. The summed E-state index contributed by atoms with van der Waals surface area (Å²) in [6, 6.07) is 12.3. The summed E-state index contributed by atoms with van der Waals surface area (Å²) in [6.45, 7) is 1.57. The average molecular weight is 317 g/mol. The van der Waals surface area contributed by atoms with Crippen molar-refractivity contribution in [3.8, 4) is 5.69 Å². The smallest absolute Gasteiger partial charge is 0.178 e. The molecule has 3 aromatic rings. The fourth-order valence-electron chi connectivity index (χ4n) is 3.02. The van der Waals surface area contributed by atoms with Crippen LogP contribution >= 0.6 is 0 Å². The van der Waals surface area contributed by atoms with Crippen LogP contribution in [-0.2, 0) is 6.42 Å². The highest BCUT2D eigenvalue weighted by molar-refractivity contribution is 5.92. The highest BCUT2D eigenvalue weighted by Gasteiger charge is 2.26. The van der Waals surface area contributed by atoms with Gasteiger partial charge in [0.1, 0.15) is 5.69 Å². The van der Waals surface area contributed by atoms with Gasteiger partial charge in [0.25, 0.3) is 0 Å². The normalized spacial score (nSPS) is 13.9. The second-order valence-corrected chi connectivity index (χ2v) is 6.39. The molecule has 2 aromatic heterocycles. The number of hydrogen-bond acceptors (Lipinski definition) is 3. The summed E-state index contributed by atoms with van der Waals surface area (Å²) < 4.78 is 1.85. The molecule has 0 amide bonds. The number of pyridine rings is 1. The Morgan fingerprint density at radius 2 is 2.04 bits per heavy atom. The van der Waals surface area contributed by atoms with E-state index in [9.17, 15) is 4.79 Å². The van der Waals surface area contributed by atoms with E-state index in [4.69, 9.17) is 0 Å². The van der Waals surface area contributed by atoms with E-state index in [-0.39, 0.29) is 5.78 Å². The largest absolute Gasteiger partial charge is 0.293 e. The predicted molar refractivity (Wildman–Crippen MR) is 92.6 cm³/mol. The molecular formula is C20H19N3O. The number of aromatic nitrogens is 3. The third kappa shape index (κ3) is 3.00. The van der Waals surface area contributed by atoms with Crippen molar-refractivity contribution in [1.82, 2.24) is 14.8 Å². The third-order valence-corrected chi connectivity index (χ3v) is 4.50.